The summed E-state index contributed by atoms with van der Waals surface area (Å²) < 4.78 is 5.40. The maximum atomic E-state index is 5.40. The van der Waals surface area contributed by atoms with E-state index in [1.807, 2.05) is 34.3 Å². The first-order valence-corrected chi connectivity index (χ1v) is 8.30. The van der Waals surface area contributed by atoms with Crippen LogP contribution >= 0.6 is 0 Å². The van der Waals surface area contributed by atoms with Crippen LogP contribution in [0.15, 0.2) is 29.3 Å². The predicted molar refractivity (Wildman–Crippen MR) is 96.2 cm³/mol. The SMILES string of the molecule is COc1cccc(C(CN=C(N(C)C)N(C)C)N2CCCC2)c1. The molecule has 0 spiro atoms. The minimum atomic E-state index is 0.308. The molecule has 1 aliphatic heterocycles. The fourth-order valence-corrected chi connectivity index (χ4v) is 3.18. The van der Waals surface area contributed by atoms with E-state index in [9.17, 15) is 0 Å². The predicted octanol–water partition coefficient (Wildman–Crippen LogP) is 2.31. The average molecular weight is 318 g/mol. The van der Waals surface area contributed by atoms with Gasteiger partial charge in [0.15, 0.2) is 5.96 Å². The Morgan fingerprint density at radius 2 is 1.83 bits per heavy atom. The molecule has 1 atom stereocenters. The number of hydrogen-bond donors (Lipinski definition) is 0. The zero-order valence-corrected chi connectivity index (χ0v) is 15.1. The van der Waals surface area contributed by atoms with E-state index in [1.54, 1.807) is 7.11 Å². The quantitative estimate of drug-likeness (QED) is 0.616. The van der Waals surface area contributed by atoms with Crippen LogP contribution in [0.2, 0.25) is 0 Å². The number of hydrogen-bond acceptors (Lipinski definition) is 3. The topological polar surface area (TPSA) is 31.3 Å². The second-order valence-electron chi connectivity index (χ2n) is 6.47. The number of likely N-dealkylation sites (tertiary alicyclic amines) is 1. The van der Waals surface area contributed by atoms with Crippen LogP contribution in [0.4, 0.5) is 0 Å². The van der Waals surface area contributed by atoms with E-state index in [1.165, 1.54) is 18.4 Å². The van der Waals surface area contributed by atoms with Gasteiger partial charge in [-0.2, -0.15) is 0 Å². The van der Waals surface area contributed by atoms with Gasteiger partial charge in [0.2, 0.25) is 0 Å². The molecule has 1 heterocycles. The summed E-state index contributed by atoms with van der Waals surface area (Å²) in [6.07, 6.45) is 2.55. The fourth-order valence-electron chi connectivity index (χ4n) is 3.18. The summed E-state index contributed by atoms with van der Waals surface area (Å²) in [5.41, 5.74) is 1.28. The van der Waals surface area contributed by atoms with E-state index in [-0.39, 0.29) is 0 Å². The Bertz CT molecular complexity index is 512. The Labute approximate surface area is 140 Å². The number of ether oxygens (including phenoxy) is 1. The summed E-state index contributed by atoms with van der Waals surface area (Å²) in [5, 5.41) is 0. The zero-order valence-electron chi connectivity index (χ0n) is 15.1. The Balaban J connectivity index is 2.25. The first-order chi connectivity index (χ1) is 11.0. The summed E-state index contributed by atoms with van der Waals surface area (Å²) in [6, 6.07) is 8.70. The standard InChI is InChI=1S/C18H30N4O/c1-20(2)18(21(3)4)19-14-17(22-11-6-7-12-22)15-9-8-10-16(13-15)23-5/h8-10,13,17H,6-7,11-12,14H2,1-5H3. The molecule has 1 aromatic rings. The molecule has 0 radical (unpaired) electrons. The zero-order chi connectivity index (χ0) is 16.8. The highest BCUT2D eigenvalue weighted by Gasteiger charge is 2.24. The first kappa shape index (κ1) is 17.6. The molecule has 0 aliphatic carbocycles. The van der Waals surface area contributed by atoms with E-state index in [0.29, 0.717) is 6.04 Å². The van der Waals surface area contributed by atoms with Gasteiger partial charge in [-0.1, -0.05) is 12.1 Å². The molecule has 0 saturated carbocycles. The highest BCUT2D eigenvalue weighted by atomic mass is 16.5. The highest BCUT2D eigenvalue weighted by Crippen LogP contribution is 2.28. The minimum absolute atomic E-state index is 0.308. The van der Waals surface area contributed by atoms with Crippen molar-refractivity contribution in [2.45, 2.75) is 18.9 Å². The molecule has 5 heteroatoms. The summed E-state index contributed by atoms with van der Waals surface area (Å²) >= 11 is 0. The number of benzene rings is 1. The Kier molecular flexibility index (Phi) is 6.28. The molecular formula is C18H30N4O. The lowest BCUT2D eigenvalue weighted by Crippen LogP contribution is -2.36. The van der Waals surface area contributed by atoms with Crippen molar-refractivity contribution < 1.29 is 4.74 Å². The van der Waals surface area contributed by atoms with E-state index in [0.717, 1.165) is 31.3 Å². The van der Waals surface area contributed by atoms with Crippen molar-refractivity contribution in [1.29, 1.82) is 0 Å². The lowest BCUT2D eigenvalue weighted by atomic mass is 10.1. The molecule has 0 bridgehead atoms. The molecule has 1 unspecified atom stereocenters. The van der Waals surface area contributed by atoms with Crippen molar-refractivity contribution in [2.24, 2.45) is 4.99 Å². The molecule has 2 rings (SSSR count). The van der Waals surface area contributed by atoms with E-state index in [2.05, 4.69) is 32.9 Å². The van der Waals surface area contributed by atoms with Crippen LogP contribution in [-0.4, -0.2) is 75.6 Å². The van der Waals surface area contributed by atoms with Gasteiger partial charge in [0.25, 0.3) is 0 Å². The molecule has 1 saturated heterocycles. The second-order valence-corrected chi connectivity index (χ2v) is 6.47. The Hall–Kier alpha value is -1.75. The van der Waals surface area contributed by atoms with Crippen LogP contribution in [0.25, 0.3) is 0 Å². The van der Waals surface area contributed by atoms with E-state index >= 15 is 0 Å². The van der Waals surface area contributed by atoms with Gasteiger partial charge in [0.1, 0.15) is 5.75 Å². The van der Waals surface area contributed by atoms with Crippen LogP contribution in [0.5, 0.6) is 5.75 Å². The molecule has 0 aromatic heterocycles. The van der Waals surface area contributed by atoms with Gasteiger partial charge in [0.05, 0.1) is 19.7 Å². The van der Waals surface area contributed by atoms with Crippen LogP contribution < -0.4 is 4.74 Å². The van der Waals surface area contributed by atoms with Crippen molar-refractivity contribution in [3.63, 3.8) is 0 Å². The minimum Gasteiger partial charge on any atom is -0.497 e. The van der Waals surface area contributed by atoms with Gasteiger partial charge in [0, 0.05) is 28.2 Å². The Morgan fingerprint density at radius 1 is 1.17 bits per heavy atom. The van der Waals surface area contributed by atoms with E-state index in [4.69, 9.17) is 9.73 Å². The van der Waals surface area contributed by atoms with Crippen molar-refractivity contribution in [2.75, 3.05) is 54.9 Å². The largest absolute Gasteiger partial charge is 0.497 e. The number of guanidine groups is 1. The van der Waals surface area contributed by atoms with Crippen molar-refractivity contribution in [1.82, 2.24) is 14.7 Å². The molecule has 1 fully saturated rings. The van der Waals surface area contributed by atoms with E-state index < -0.39 is 0 Å². The van der Waals surface area contributed by atoms with Crippen molar-refractivity contribution in [3.05, 3.63) is 29.8 Å². The van der Waals surface area contributed by atoms with Crippen LogP contribution in [0, 0.1) is 0 Å². The third-order valence-electron chi connectivity index (χ3n) is 4.27. The number of rotatable bonds is 5. The fraction of sp³-hybridized carbons (Fsp3) is 0.611. The van der Waals surface area contributed by atoms with Gasteiger partial charge >= 0.3 is 0 Å². The van der Waals surface area contributed by atoms with Gasteiger partial charge in [-0.25, -0.2) is 0 Å². The van der Waals surface area contributed by atoms with Gasteiger partial charge in [-0.15, -0.1) is 0 Å². The molecular weight excluding hydrogens is 288 g/mol. The average Bonchev–Trinajstić information content (AvgIpc) is 3.04. The molecule has 128 valence electrons. The van der Waals surface area contributed by atoms with Gasteiger partial charge < -0.3 is 14.5 Å². The molecule has 5 nitrogen and oxygen atoms in total. The Morgan fingerprint density at radius 3 is 2.39 bits per heavy atom. The summed E-state index contributed by atoms with van der Waals surface area (Å²) in [5.74, 6) is 1.91. The van der Waals surface area contributed by atoms with Crippen LogP contribution in [0.1, 0.15) is 24.4 Å². The lowest BCUT2D eigenvalue weighted by molar-refractivity contribution is 0.250. The first-order valence-electron chi connectivity index (χ1n) is 8.30. The lowest BCUT2D eigenvalue weighted by Gasteiger charge is -2.29. The summed E-state index contributed by atoms with van der Waals surface area (Å²) in [4.78, 5) is 11.6. The van der Waals surface area contributed by atoms with Crippen molar-refractivity contribution in [3.8, 4) is 5.75 Å². The molecule has 0 amide bonds. The summed E-state index contributed by atoms with van der Waals surface area (Å²) in [6.45, 7) is 3.06. The molecule has 1 aliphatic rings. The van der Waals surface area contributed by atoms with Gasteiger partial charge in [-0.3, -0.25) is 9.89 Å². The van der Waals surface area contributed by atoms with Crippen LogP contribution in [0.3, 0.4) is 0 Å². The third kappa shape index (κ3) is 4.61. The number of nitrogens with zero attached hydrogens (tertiary/aromatic N) is 4. The van der Waals surface area contributed by atoms with Crippen molar-refractivity contribution >= 4 is 5.96 Å². The normalized spacial score (nSPS) is 16.0. The molecule has 0 N–H and O–H groups in total. The second kappa shape index (κ2) is 8.20. The monoisotopic (exact) mass is 318 g/mol. The summed E-state index contributed by atoms with van der Waals surface area (Å²) in [7, 11) is 9.87. The number of aliphatic imine (C=N–C) groups is 1. The highest BCUT2D eigenvalue weighted by molar-refractivity contribution is 5.79. The maximum Gasteiger partial charge on any atom is 0.195 e. The third-order valence-corrected chi connectivity index (χ3v) is 4.27. The van der Waals surface area contributed by atoms with Gasteiger partial charge in [-0.05, 0) is 43.6 Å². The van der Waals surface area contributed by atoms with Crippen LogP contribution in [-0.2, 0) is 0 Å². The molecule has 23 heavy (non-hydrogen) atoms. The number of methoxy groups -OCH3 is 1. The smallest absolute Gasteiger partial charge is 0.195 e. The maximum absolute atomic E-state index is 5.40. The molecule has 1 aromatic carbocycles.